The van der Waals surface area contributed by atoms with E-state index >= 15 is 0 Å². The van der Waals surface area contributed by atoms with E-state index in [4.69, 9.17) is 9.15 Å². The predicted molar refractivity (Wildman–Crippen MR) is 137 cm³/mol. The Morgan fingerprint density at radius 3 is 2.54 bits per heavy atom. The monoisotopic (exact) mass is 483 g/mol. The summed E-state index contributed by atoms with van der Waals surface area (Å²) < 4.78 is 13.1. The van der Waals surface area contributed by atoms with Crippen LogP contribution in [0, 0.1) is 0 Å². The molecule has 0 spiro atoms. The topological polar surface area (TPSA) is 78.9 Å². The molecule has 0 fully saturated rings. The number of aromatic nitrogens is 5. The van der Waals surface area contributed by atoms with Gasteiger partial charge in [0, 0.05) is 29.3 Å². The standard InChI is InChI=1S/C27H25N5O2S/c1-18(2)23-8-4-5-9-24(23)32-25(20-7-6-14-28-15-20)30-31-27(32)35-17-21-16-34-26(29-21)19-10-12-22(33-3)13-11-19/h4-16,18H,17H2,1-3H3. The largest absolute Gasteiger partial charge is 0.497 e. The molecule has 3 heterocycles. The second-order valence-corrected chi connectivity index (χ2v) is 9.20. The molecule has 0 saturated heterocycles. The van der Waals surface area contributed by atoms with Gasteiger partial charge in [0.15, 0.2) is 11.0 Å². The number of para-hydroxylation sites is 1. The number of benzene rings is 2. The van der Waals surface area contributed by atoms with Crippen LogP contribution in [0.15, 0.2) is 88.9 Å². The first-order valence-electron chi connectivity index (χ1n) is 11.3. The molecule has 0 amide bonds. The van der Waals surface area contributed by atoms with Gasteiger partial charge in [-0.3, -0.25) is 9.55 Å². The van der Waals surface area contributed by atoms with Gasteiger partial charge < -0.3 is 9.15 Å². The fourth-order valence-corrected chi connectivity index (χ4v) is 4.64. The molecule has 0 atom stereocenters. The van der Waals surface area contributed by atoms with Crippen LogP contribution in [0.1, 0.15) is 31.0 Å². The molecule has 0 aliphatic rings. The van der Waals surface area contributed by atoms with Gasteiger partial charge in [0.05, 0.1) is 18.5 Å². The average Bonchev–Trinajstić information content (AvgIpc) is 3.55. The summed E-state index contributed by atoms with van der Waals surface area (Å²) in [6, 6.07) is 19.9. The minimum atomic E-state index is 0.343. The number of nitrogens with zero attached hydrogens (tertiary/aromatic N) is 5. The highest BCUT2D eigenvalue weighted by atomic mass is 32.2. The molecule has 35 heavy (non-hydrogen) atoms. The molecule has 7 nitrogen and oxygen atoms in total. The van der Waals surface area contributed by atoms with Gasteiger partial charge in [0.25, 0.3) is 0 Å². The van der Waals surface area contributed by atoms with Crippen LogP contribution in [0.3, 0.4) is 0 Å². The molecule has 3 aromatic heterocycles. The van der Waals surface area contributed by atoms with Gasteiger partial charge in [0.1, 0.15) is 12.0 Å². The molecule has 5 rings (SSSR count). The molecule has 2 aromatic carbocycles. The van der Waals surface area contributed by atoms with E-state index < -0.39 is 0 Å². The number of thioether (sulfide) groups is 1. The van der Waals surface area contributed by atoms with Crippen molar-refractivity contribution in [3.05, 3.63) is 90.6 Å². The average molecular weight is 484 g/mol. The summed E-state index contributed by atoms with van der Waals surface area (Å²) in [4.78, 5) is 8.95. The van der Waals surface area contributed by atoms with E-state index in [0.29, 0.717) is 17.6 Å². The molecule has 8 heteroatoms. The lowest BCUT2D eigenvalue weighted by molar-refractivity contribution is 0.415. The number of hydrogen-bond donors (Lipinski definition) is 0. The van der Waals surface area contributed by atoms with Crippen molar-refractivity contribution in [2.75, 3.05) is 7.11 Å². The smallest absolute Gasteiger partial charge is 0.226 e. The van der Waals surface area contributed by atoms with Crippen LogP contribution in [0.5, 0.6) is 5.75 Å². The fourth-order valence-electron chi connectivity index (χ4n) is 3.82. The summed E-state index contributed by atoms with van der Waals surface area (Å²) in [5.41, 5.74) is 4.93. The van der Waals surface area contributed by atoms with E-state index in [0.717, 1.165) is 39.2 Å². The van der Waals surface area contributed by atoms with Crippen LogP contribution in [0.25, 0.3) is 28.5 Å². The van der Waals surface area contributed by atoms with Gasteiger partial charge >= 0.3 is 0 Å². The minimum absolute atomic E-state index is 0.343. The Bertz CT molecular complexity index is 1410. The quantitative estimate of drug-likeness (QED) is 0.236. The molecule has 0 radical (unpaired) electrons. The van der Waals surface area contributed by atoms with Crippen LogP contribution in [0.4, 0.5) is 0 Å². The summed E-state index contributed by atoms with van der Waals surface area (Å²) in [6.07, 6.45) is 5.26. The molecular formula is C27H25N5O2S. The summed E-state index contributed by atoms with van der Waals surface area (Å²) in [5.74, 6) is 3.06. The van der Waals surface area contributed by atoms with E-state index in [1.54, 1.807) is 31.3 Å². The Morgan fingerprint density at radius 1 is 0.971 bits per heavy atom. The van der Waals surface area contributed by atoms with Crippen molar-refractivity contribution in [1.29, 1.82) is 0 Å². The lowest BCUT2D eigenvalue weighted by Gasteiger charge is -2.16. The van der Waals surface area contributed by atoms with Crippen molar-refractivity contribution < 1.29 is 9.15 Å². The van der Waals surface area contributed by atoms with Crippen LogP contribution in [0.2, 0.25) is 0 Å². The van der Waals surface area contributed by atoms with Crippen molar-refractivity contribution in [3.63, 3.8) is 0 Å². The normalized spacial score (nSPS) is 11.2. The van der Waals surface area contributed by atoms with E-state index in [-0.39, 0.29) is 0 Å². The molecule has 0 unspecified atom stereocenters. The molecule has 0 aliphatic carbocycles. The molecule has 176 valence electrons. The van der Waals surface area contributed by atoms with Gasteiger partial charge in [-0.1, -0.05) is 43.8 Å². The number of hydrogen-bond acceptors (Lipinski definition) is 7. The molecular weight excluding hydrogens is 458 g/mol. The lowest BCUT2D eigenvalue weighted by Crippen LogP contribution is -2.05. The van der Waals surface area contributed by atoms with E-state index in [2.05, 4.69) is 56.8 Å². The van der Waals surface area contributed by atoms with Gasteiger partial charge in [0.2, 0.25) is 5.89 Å². The van der Waals surface area contributed by atoms with Crippen LogP contribution in [-0.4, -0.2) is 31.8 Å². The van der Waals surface area contributed by atoms with Crippen molar-refractivity contribution in [2.24, 2.45) is 0 Å². The highest BCUT2D eigenvalue weighted by Crippen LogP contribution is 2.33. The van der Waals surface area contributed by atoms with Crippen molar-refractivity contribution >= 4 is 11.8 Å². The van der Waals surface area contributed by atoms with Crippen LogP contribution >= 0.6 is 11.8 Å². The van der Waals surface area contributed by atoms with Crippen molar-refractivity contribution in [1.82, 2.24) is 24.7 Å². The van der Waals surface area contributed by atoms with Crippen LogP contribution in [-0.2, 0) is 5.75 Å². The highest BCUT2D eigenvalue weighted by Gasteiger charge is 2.20. The maximum atomic E-state index is 5.74. The fraction of sp³-hybridized carbons (Fsp3) is 0.185. The first-order chi connectivity index (χ1) is 17.1. The third kappa shape index (κ3) is 4.83. The minimum Gasteiger partial charge on any atom is -0.497 e. The van der Waals surface area contributed by atoms with Gasteiger partial charge in [-0.15, -0.1) is 10.2 Å². The van der Waals surface area contributed by atoms with Crippen molar-refractivity contribution in [3.8, 4) is 34.3 Å². The maximum Gasteiger partial charge on any atom is 0.226 e. The first kappa shape index (κ1) is 22.9. The Balaban J connectivity index is 1.46. The summed E-state index contributed by atoms with van der Waals surface area (Å²) in [7, 11) is 1.65. The molecule has 0 bridgehead atoms. The van der Waals surface area contributed by atoms with Crippen molar-refractivity contribution in [2.45, 2.75) is 30.7 Å². The second-order valence-electron chi connectivity index (χ2n) is 8.26. The summed E-state index contributed by atoms with van der Waals surface area (Å²) in [5, 5.41) is 9.87. The SMILES string of the molecule is COc1ccc(-c2nc(CSc3nnc(-c4cccnc4)n3-c3ccccc3C(C)C)co2)cc1. The first-order valence-corrected chi connectivity index (χ1v) is 12.3. The summed E-state index contributed by atoms with van der Waals surface area (Å²) >= 11 is 1.57. The number of methoxy groups -OCH3 is 1. The molecule has 0 N–H and O–H groups in total. The van der Waals surface area contributed by atoms with Gasteiger partial charge in [-0.25, -0.2) is 4.98 Å². The maximum absolute atomic E-state index is 5.74. The van der Waals surface area contributed by atoms with Gasteiger partial charge in [-0.2, -0.15) is 0 Å². The molecule has 0 aliphatic heterocycles. The molecule has 0 saturated carbocycles. The molecule has 5 aromatic rings. The van der Waals surface area contributed by atoms with E-state index in [1.165, 1.54) is 5.56 Å². The number of oxazole rings is 1. The third-order valence-corrected chi connectivity index (χ3v) is 6.55. The van der Waals surface area contributed by atoms with Crippen LogP contribution < -0.4 is 4.74 Å². The van der Waals surface area contributed by atoms with Gasteiger partial charge in [-0.05, 0) is 53.9 Å². The van der Waals surface area contributed by atoms with E-state index in [9.17, 15) is 0 Å². The third-order valence-electron chi connectivity index (χ3n) is 5.59. The predicted octanol–water partition coefficient (Wildman–Crippen LogP) is 6.41. The number of rotatable bonds is 8. The van der Waals surface area contributed by atoms with E-state index in [1.807, 2.05) is 48.7 Å². The zero-order valence-corrected chi connectivity index (χ0v) is 20.6. The lowest BCUT2D eigenvalue weighted by atomic mass is 10.0. The number of pyridine rings is 1. The zero-order valence-electron chi connectivity index (χ0n) is 19.8. The second kappa shape index (κ2) is 10.1. The Hall–Kier alpha value is -3.91. The summed E-state index contributed by atoms with van der Waals surface area (Å²) in [6.45, 7) is 4.38. The number of ether oxygens (including phenoxy) is 1. The Kier molecular flexibility index (Phi) is 6.63. The highest BCUT2D eigenvalue weighted by molar-refractivity contribution is 7.98. The Morgan fingerprint density at radius 2 is 1.80 bits per heavy atom. The zero-order chi connectivity index (χ0) is 24.2. The Labute approximate surface area is 208 Å².